The fourth-order valence-corrected chi connectivity index (χ4v) is 3.47. The standard InChI is InChI=1S/2C9H12O.2C8H11.Zr/c2*1-7(2)8-4-3-5-9(10)6-8;2*1-6-4-5-7(2)8(6)3;/h2*3-7,10H,1-2H3;2*4H2,1-3H3;/q;;2*-1;+2. The maximum Gasteiger partial charge on any atom is 2.00 e. The van der Waals surface area contributed by atoms with Gasteiger partial charge >= 0.3 is 26.2 Å². The summed E-state index contributed by atoms with van der Waals surface area (Å²) in [6, 6.07) is 14.7. The van der Waals surface area contributed by atoms with Gasteiger partial charge in [-0.3, -0.25) is 12.2 Å². The summed E-state index contributed by atoms with van der Waals surface area (Å²) in [4.78, 5) is 0. The van der Waals surface area contributed by atoms with Gasteiger partial charge in [0, 0.05) is 0 Å². The van der Waals surface area contributed by atoms with Crippen LogP contribution in [0.4, 0.5) is 0 Å². The van der Waals surface area contributed by atoms with Gasteiger partial charge in [-0.15, -0.1) is 26.7 Å². The smallest absolute Gasteiger partial charge is 0.508 e. The number of hydrogen-bond donors (Lipinski definition) is 2. The molecule has 0 bridgehead atoms. The average molecular weight is 578 g/mol. The van der Waals surface area contributed by atoms with Gasteiger partial charge in [-0.05, 0) is 47.2 Å². The van der Waals surface area contributed by atoms with Crippen LogP contribution in [0, 0.1) is 12.2 Å². The fourth-order valence-electron chi connectivity index (χ4n) is 3.47. The molecule has 3 heteroatoms. The number of rotatable bonds is 2. The second-order valence-electron chi connectivity index (χ2n) is 10.3. The van der Waals surface area contributed by atoms with Crippen LogP contribution in [-0.4, -0.2) is 10.2 Å². The Bertz CT molecular complexity index is 1010. The number of benzene rings is 2. The van der Waals surface area contributed by atoms with E-state index in [0.29, 0.717) is 23.3 Å². The van der Waals surface area contributed by atoms with Crippen LogP contribution in [0.25, 0.3) is 0 Å². The minimum absolute atomic E-state index is 0. The first-order valence-corrected chi connectivity index (χ1v) is 12.9. The van der Waals surface area contributed by atoms with Gasteiger partial charge in [0.05, 0.1) is 0 Å². The van der Waals surface area contributed by atoms with E-state index in [4.69, 9.17) is 10.2 Å². The molecule has 2 aromatic carbocycles. The number of hydrogen-bond acceptors (Lipinski definition) is 2. The van der Waals surface area contributed by atoms with Gasteiger partial charge in [-0.2, -0.15) is 22.3 Å². The maximum atomic E-state index is 9.06. The predicted octanol–water partition coefficient (Wildman–Crippen LogP) is 9.98. The van der Waals surface area contributed by atoms with Crippen molar-refractivity contribution in [3.63, 3.8) is 0 Å². The number of phenols is 2. The minimum atomic E-state index is 0. The van der Waals surface area contributed by atoms with Crippen LogP contribution in [0.15, 0.2) is 82.0 Å². The van der Waals surface area contributed by atoms with Crippen LogP contribution in [0.5, 0.6) is 11.5 Å². The summed E-state index contributed by atoms with van der Waals surface area (Å²) in [5.41, 5.74) is 10.9. The van der Waals surface area contributed by atoms with Gasteiger partial charge in [-0.1, -0.05) is 79.7 Å². The summed E-state index contributed by atoms with van der Waals surface area (Å²) in [6.45, 7) is 21.3. The quantitative estimate of drug-likeness (QED) is 0.349. The first kappa shape index (κ1) is 34.9. The van der Waals surface area contributed by atoms with Gasteiger partial charge in [-0.25, -0.2) is 11.1 Å². The van der Waals surface area contributed by atoms with Crippen molar-refractivity contribution in [3.8, 4) is 11.5 Å². The summed E-state index contributed by atoms with van der Waals surface area (Å²) in [5.74, 6) is 1.69. The molecule has 0 aromatic heterocycles. The zero-order chi connectivity index (χ0) is 27.4. The van der Waals surface area contributed by atoms with E-state index < -0.39 is 0 Å². The third-order valence-electron chi connectivity index (χ3n) is 6.72. The predicted molar refractivity (Wildman–Crippen MR) is 155 cm³/mol. The average Bonchev–Trinajstić information content (AvgIpc) is 3.29. The molecule has 0 saturated heterocycles. The molecule has 0 saturated carbocycles. The van der Waals surface area contributed by atoms with E-state index in [0.717, 1.165) is 12.8 Å². The van der Waals surface area contributed by atoms with Crippen molar-refractivity contribution in [2.45, 2.75) is 93.9 Å². The Morgan fingerprint density at radius 2 is 0.919 bits per heavy atom. The van der Waals surface area contributed by atoms with Crippen molar-refractivity contribution < 1.29 is 36.4 Å². The van der Waals surface area contributed by atoms with E-state index >= 15 is 0 Å². The molecule has 0 fully saturated rings. The van der Waals surface area contributed by atoms with E-state index in [1.807, 2.05) is 24.3 Å². The second-order valence-corrected chi connectivity index (χ2v) is 10.3. The summed E-state index contributed by atoms with van der Waals surface area (Å²) >= 11 is 0. The van der Waals surface area contributed by atoms with Crippen molar-refractivity contribution in [1.82, 2.24) is 0 Å². The zero-order valence-corrected chi connectivity index (χ0v) is 27.0. The van der Waals surface area contributed by atoms with Gasteiger partial charge in [0.25, 0.3) is 0 Å². The summed E-state index contributed by atoms with van der Waals surface area (Å²) in [5, 5.41) is 18.1. The SMILES string of the molecule is CC(C)c1cccc(O)c1.CC(C)c1cccc(O)c1.CC1=[C-]CC(C)=C1C.CC1=[C-]CC(C)=C1C.[Zr+2]. The molecule has 0 amide bonds. The van der Waals surface area contributed by atoms with Gasteiger partial charge in [0.1, 0.15) is 11.5 Å². The molecule has 4 rings (SSSR count). The molecule has 0 spiro atoms. The van der Waals surface area contributed by atoms with Crippen LogP contribution in [-0.2, 0) is 26.2 Å². The molecule has 0 atom stereocenters. The van der Waals surface area contributed by atoms with Crippen LogP contribution in [0.3, 0.4) is 0 Å². The molecule has 0 heterocycles. The topological polar surface area (TPSA) is 40.5 Å². The van der Waals surface area contributed by atoms with Gasteiger partial charge in [0.15, 0.2) is 0 Å². The minimum Gasteiger partial charge on any atom is -0.508 e. The number of allylic oxidation sites excluding steroid dienone is 8. The monoisotopic (exact) mass is 576 g/mol. The Morgan fingerprint density at radius 1 is 0.595 bits per heavy atom. The molecule has 37 heavy (non-hydrogen) atoms. The third kappa shape index (κ3) is 12.8. The summed E-state index contributed by atoms with van der Waals surface area (Å²) in [7, 11) is 0. The van der Waals surface area contributed by atoms with Crippen molar-refractivity contribution in [1.29, 1.82) is 0 Å². The largest absolute Gasteiger partial charge is 2.00 e. The molecule has 0 aliphatic heterocycles. The van der Waals surface area contributed by atoms with E-state index in [1.54, 1.807) is 24.3 Å². The molecule has 2 N–H and O–H groups in total. The van der Waals surface area contributed by atoms with E-state index in [9.17, 15) is 0 Å². The Kier molecular flexibility index (Phi) is 16.4. The first-order chi connectivity index (χ1) is 16.8. The van der Waals surface area contributed by atoms with Crippen LogP contribution in [0.1, 0.15) is 105 Å². The first-order valence-electron chi connectivity index (χ1n) is 12.9. The van der Waals surface area contributed by atoms with Gasteiger partial charge < -0.3 is 10.2 Å². The van der Waals surface area contributed by atoms with Gasteiger partial charge in [0.2, 0.25) is 0 Å². The maximum absolute atomic E-state index is 9.06. The zero-order valence-electron chi connectivity index (χ0n) is 24.6. The van der Waals surface area contributed by atoms with Crippen molar-refractivity contribution >= 4 is 0 Å². The van der Waals surface area contributed by atoms with Crippen LogP contribution < -0.4 is 0 Å². The molecule has 2 aliphatic rings. The summed E-state index contributed by atoms with van der Waals surface area (Å²) in [6.07, 6.45) is 8.63. The van der Waals surface area contributed by atoms with Crippen molar-refractivity contribution in [2.24, 2.45) is 0 Å². The normalized spacial score (nSPS) is 14.1. The van der Waals surface area contributed by atoms with E-state index in [1.165, 1.54) is 44.6 Å². The van der Waals surface area contributed by atoms with Crippen molar-refractivity contribution in [3.05, 3.63) is 105 Å². The molecule has 198 valence electrons. The number of aromatic hydroxyl groups is 2. The Hall–Kier alpha value is -2.12. The molecular formula is C34H46O2Zr. The van der Waals surface area contributed by atoms with Crippen LogP contribution in [0.2, 0.25) is 0 Å². The van der Waals surface area contributed by atoms with Crippen molar-refractivity contribution in [2.75, 3.05) is 0 Å². The van der Waals surface area contributed by atoms with E-state index in [-0.39, 0.29) is 26.2 Å². The molecule has 0 radical (unpaired) electrons. The van der Waals surface area contributed by atoms with Crippen LogP contribution >= 0.6 is 0 Å². The Labute approximate surface area is 246 Å². The molecule has 2 aromatic rings. The Balaban J connectivity index is 0.000000465. The molecular weight excluding hydrogens is 532 g/mol. The molecule has 2 aliphatic carbocycles. The third-order valence-corrected chi connectivity index (χ3v) is 6.72. The number of phenolic OH excluding ortho intramolecular Hbond substituents is 2. The summed E-state index contributed by atoms with van der Waals surface area (Å²) < 4.78 is 0. The Morgan fingerprint density at radius 3 is 1.05 bits per heavy atom. The molecule has 0 unspecified atom stereocenters. The molecule has 2 nitrogen and oxygen atoms in total. The second kappa shape index (κ2) is 17.4. The van der Waals surface area contributed by atoms with E-state index in [2.05, 4.69) is 81.4 Å². The fraction of sp³-hybridized carbons (Fsp3) is 0.412.